The Morgan fingerprint density at radius 1 is 1.03 bits per heavy atom. The van der Waals surface area contributed by atoms with Gasteiger partial charge in [0.25, 0.3) is 0 Å². The molecule has 0 unspecified atom stereocenters. The third-order valence-corrected chi connectivity index (χ3v) is 6.53. The maximum Gasteiger partial charge on any atom is 0.229 e. The first-order chi connectivity index (χ1) is 18.6. The minimum absolute atomic E-state index is 0.0747. The van der Waals surface area contributed by atoms with Crippen molar-refractivity contribution < 1.29 is 48.9 Å². The minimum Gasteiger partial charge on any atom is -0.504 e. The molecule has 1 aliphatic heterocycles. The standard InChI is InChI=1S/C28H32O11/c1-13(2)5-6-14-7-15(8-18(30)27(14)36-4)17-12-37-20-10-16(9-19(35-3)22(20)23(17)31)38-28-26(34)25(33)24(32)21(11-29)39-28/h5,7-10,12,21,24-26,28-30,32-34H,6,11H2,1-4H3/t21-,24+,25+,26-,28-/m1/s1. The summed E-state index contributed by atoms with van der Waals surface area (Å²) in [6.45, 7) is 3.30. The van der Waals surface area contributed by atoms with Crippen LogP contribution >= 0.6 is 0 Å². The molecule has 0 radical (unpaired) electrons. The van der Waals surface area contributed by atoms with E-state index in [1.54, 1.807) is 6.07 Å². The fraction of sp³-hybridized carbons (Fsp3) is 0.393. The number of hydrogen-bond acceptors (Lipinski definition) is 11. The monoisotopic (exact) mass is 544 g/mol. The van der Waals surface area contributed by atoms with E-state index in [1.165, 1.54) is 38.7 Å². The fourth-order valence-electron chi connectivity index (χ4n) is 4.45. The molecule has 1 aromatic heterocycles. The Hall–Kier alpha value is -3.61. The van der Waals surface area contributed by atoms with Crippen LogP contribution in [-0.4, -0.2) is 77.1 Å². The van der Waals surface area contributed by atoms with Gasteiger partial charge in [-0.1, -0.05) is 11.6 Å². The molecule has 0 amide bonds. The lowest BCUT2D eigenvalue weighted by molar-refractivity contribution is -0.277. The fourth-order valence-corrected chi connectivity index (χ4v) is 4.45. The number of phenols is 1. The number of phenolic OH excluding ortho intramolecular Hbond substituents is 1. The normalized spacial score (nSPS) is 22.9. The third-order valence-electron chi connectivity index (χ3n) is 6.53. The van der Waals surface area contributed by atoms with Crippen LogP contribution in [0, 0.1) is 0 Å². The van der Waals surface area contributed by atoms with Crippen LogP contribution in [0.2, 0.25) is 0 Å². The summed E-state index contributed by atoms with van der Waals surface area (Å²) in [5, 5.41) is 50.4. The average molecular weight is 545 g/mol. The maximum absolute atomic E-state index is 13.6. The van der Waals surface area contributed by atoms with Gasteiger partial charge in [-0.05, 0) is 38.0 Å². The van der Waals surface area contributed by atoms with Gasteiger partial charge in [0.15, 0.2) is 11.5 Å². The van der Waals surface area contributed by atoms with E-state index in [4.69, 9.17) is 23.4 Å². The van der Waals surface area contributed by atoms with Gasteiger partial charge in [0.1, 0.15) is 53.1 Å². The molecule has 5 atom stereocenters. The van der Waals surface area contributed by atoms with Gasteiger partial charge in [-0.3, -0.25) is 4.79 Å². The molecule has 2 heterocycles. The lowest BCUT2D eigenvalue weighted by atomic mass is 9.99. The van der Waals surface area contributed by atoms with Crippen LogP contribution in [0.3, 0.4) is 0 Å². The summed E-state index contributed by atoms with van der Waals surface area (Å²) < 4.78 is 27.6. The Bertz CT molecular complexity index is 1420. The van der Waals surface area contributed by atoms with Crippen molar-refractivity contribution >= 4 is 11.0 Å². The molecular weight excluding hydrogens is 512 g/mol. The van der Waals surface area contributed by atoms with Crippen LogP contribution in [-0.2, 0) is 11.2 Å². The number of allylic oxidation sites excluding steroid dienone is 2. The average Bonchev–Trinajstić information content (AvgIpc) is 2.91. The van der Waals surface area contributed by atoms with Crippen molar-refractivity contribution in [1.29, 1.82) is 0 Å². The van der Waals surface area contributed by atoms with E-state index in [1.807, 2.05) is 19.9 Å². The Balaban J connectivity index is 1.75. The largest absolute Gasteiger partial charge is 0.504 e. The molecule has 11 nitrogen and oxygen atoms in total. The van der Waals surface area contributed by atoms with Crippen LogP contribution < -0.4 is 19.6 Å². The molecule has 0 saturated carbocycles. The van der Waals surface area contributed by atoms with Crippen LogP contribution in [0.1, 0.15) is 19.4 Å². The number of ether oxygens (including phenoxy) is 4. The van der Waals surface area contributed by atoms with Crippen LogP contribution in [0.15, 0.2) is 51.4 Å². The highest BCUT2D eigenvalue weighted by Gasteiger charge is 2.44. The molecule has 11 heteroatoms. The van der Waals surface area contributed by atoms with E-state index in [0.717, 1.165) is 5.57 Å². The molecule has 4 rings (SSSR count). The lowest BCUT2D eigenvalue weighted by Gasteiger charge is -2.39. The summed E-state index contributed by atoms with van der Waals surface area (Å²) in [5.41, 5.74) is 2.04. The van der Waals surface area contributed by atoms with Crippen molar-refractivity contribution in [3.05, 3.63) is 58.0 Å². The van der Waals surface area contributed by atoms with Gasteiger partial charge in [0, 0.05) is 17.7 Å². The van der Waals surface area contributed by atoms with E-state index in [2.05, 4.69) is 0 Å². The van der Waals surface area contributed by atoms with Crippen LogP contribution in [0.25, 0.3) is 22.1 Å². The molecule has 0 aliphatic carbocycles. The number of rotatable bonds is 8. The van der Waals surface area contributed by atoms with E-state index in [9.17, 15) is 30.3 Å². The summed E-state index contributed by atoms with van der Waals surface area (Å²) in [4.78, 5) is 13.6. The van der Waals surface area contributed by atoms with Gasteiger partial charge in [0.05, 0.1) is 26.4 Å². The predicted octanol–water partition coefficient (Wildman–Crippen LogP) is 1.87. The highest BCUT2D eigenvalue weighted by Crippen LogP contribution is 2.37. The van der Waals surface area contributed by atoms with Gasteiger partial charge in [-0.15, -0.1) is 0 Å². The Morgan fingerprint density at radius 2 is 1.77 bits per heavy atom. The second-order valence-electron chi connectivity index (χ2n) is 9.47. The molecule has 1 saturated heterocycles. The first-order valence-corrected chi connectivity index (χ1v) is 12.2. The zero-order chi connectivity index (χ0) is 28.4. The third kappa shape index (κ3) is 5.58. The topological polar surface area (TPSA) is 168 Å². The van der Waals surface area contributed by atoms with E-state index in [0.29, 0.717) is 23.3 Å². The van der Waals surface area contributed by atoms with E-state index >= 15 is 0 Å². The SMILES string of the molecule is COc1c(O)cc(-c2coc3cc(O[C@@H]4O[C@H](CO)[C@H](O)[C@H](O)[C@H]4O)cc(OC)c3c2=O)cc1CC=C(C)C. The quantitative estimate of drug-likeness (QED) is 0.263. The van der Waals surface area contributed by atoms with Gasteiger partial charge in [0.2, 0.25) is 11.7 Å². The zero-order valence-electron chi connectivity index (χ0n) is 22.0. The second-order valence-corrected chi connectivity index (χ2v) is 9.47. The summed E-state index contributed by atoms with van der Waals surface area (Å²) in [5.74, 6) is 0.367. The number of fused-ring (bicyclic) bond motifs is 1. The van der Waals surface area contributed by atoms with Gasteiger partial charge in [-0.2, -0.15) is 0 Å². The number of aliphatic hydroxyl groups is 4. The van der Waals surface area contributed by atoms with Crippen LogP contribution in [0.4, 0.5) is 0 Å². The highest BCUT2D eigenvalue weighted by molar-refractivity contribution is 5.88. The van der Waals surface area contributed by atoms with Crippen molar-refractivity contribution in [2.75, 3.05) is 20.8 Å². The first-order valence-electron chi connectivity index (χ1n) is 12.2. The van der Waals surface area contributed by atoms with Crippen molar-refractivity contribution in [3.63, 3.8) is 0 Å². The molecule has 210 valence electrons. The molecule has 5 N–H and O–H groups in total. The number of benzene rings is 2. The molecular formula is C28H32O11. The van der Waals surface area contributed by atoms with Crippen LogP contribution in [0.5, 0.6) is 23.0 Å². The summed E-state index contributed by atoms with van der Waals surface area (Å²) in [7, 11) is 2.81. The number of methoxy groups -OCH3 is 2. The van der Waals surface area contributed by atoms with Crippen molar-refractivity contribution in [3.8, 4) is 34.1 Å². The molecule has 1 aliphatic rings. The smallest absolute Gasteiger partial charge is 0.229 e. The van der Waals surface area contributed by atoms with E-state index < -0.39 is 42.7 Å². The second kappa shape index (κ2) is 11.6. The molecule has 0 bridgehead atoms. The lowest BCUT2D eigenvalue weighted by Crippen LogP contribution is -2.60. The summed E-state index contributed by atoms with van der Waals surface area (Å²) in [6.07, 6.45) is -3.65. The van der Waals surface area contributed by atoms with Gasteiger partial charge in [-0.25, -0.2) is 0 Å². The molecule has 3 aromatic rings. The van der Waals surface area contributed by atoms with Crippen molar-refractivity contribution in [1.82, 2.24) is 0 Å². The summed E-state index contributed by atoms with van der Waals surface area (Å²) >= 11 is 0. The number of aromatic hydroxyl groups is 1. The van der Waals surface area contributed by atoms with Crippen molar-refractivity contribution in [2.24, 2.45) is 0 Å². The van der Waals surface area contributed by atoms with Crippen molar-refractivity contribution in [2.45, 2.75) is 51.0 Å². The number of hydrogen-bond donors (Lipinski definition) is 5. The molecule has 0 spiro atoms. The Labute approximate surface area is 224 Å². The molecule has 39 heavy (non-hydrogen) atoms. The maximum atomic E-state index is 13.6. The zero-order valence-corrected chi connectivity index (χ0v) is 22.0. The van der Waals surface area contributed by atoms with Gasteiger partial charge >= 0.3 is 0 Å². The molecule has 1 fully saturated rings. The summed E-state index contributed by atoms with van der Waals surface area (Å²) in [6, 6.07) is 5.94. The number of aliphatic hydroxyl groups excluding tert-OH is 4. The Kier molecular flexibility index (Phi) is 8.48. The minimum atomic E-state index is -1.62. The predicted molar refractivity (Wildman–Crippen MR) is 140 cm³/mol. The van der Waals surface area contributed by atoms with Gasteiger partial charge < -0.3 is 48.9 Å². The highest BCUT2D eigenvalue weighted by atomic mass is 16.7. The Morgan fingerprint density at radius 3 is 2.41 bits per heavy atom. The van der Waals surface area contributed by atoms with E-state index in [-0.39, 0.29) is 33.8 Å². The first kappa shape index (κ1) is 28.4. The molecule has 2 aromatic carbocycles.